The molecule has 0 radical (unpaired) electrons. The summed E-state index contributed by atoms with van der Waals surface area (Å²) >= 11 is 0. The van der Waals surface area contributed by atoms with Crippen LogP contribution in [0.5, 0.6) is 5.75 Å². The largest absolute Gasteiger partial charge is 0.489 e. The fraction of sp³-hybridized carbons (Fsp3) is 0.147. The fourth-order valence-electron chi connectivity index (χ4n) is 5.25. The Morgan fingerprint density at radius 3 is 2.02 bits per heavy atom. The molecule has 14 heteroatoms. The first-order valence-electron chi connectivity index (χ1n) is 14.0. The Morgan fingerprint density at radius 2 is 1.44 bits per heavy atom. The molecule has 248 valence electrons. The van der Waals surface area contributed by atoms with E-state index in [2.05, 4.69) is 5.32 Å². The maximum atomic E-state index is 14.0. The number of ether oxygens (including phenoxy) is 1. The average Bonchev–Trinajstić information content (AvgIpc) is 3.29. The SMILES string of the molecule is Cc1c(C(=O)Nc2cc(C(=O)O)cc(C(=O)O)c2)c2cc(OCc3ccccc3)ccc2n1Cc1ccc(C(F)(F)F)cc1C(F)(F)F. The van der Waals surface area contributed by atoms with E-state index in [9.17, 15) is 50.9 Å². The summed E-state index contributed by atoms with van der Waals surface area (Å²) in [7, 11) is 0. The molecular weight excluding hydrogens is 646 g/mol. The summed E-state index contributed by atoms with van der Waals surface area (Å²) in [5, 5.41) is 21.5. The first-order valence-corrected chi connectivity index (χ1v) is 14.0. The molecule has 3 N–H and O–H groups in total. The van der Waals surface area contributed by atoms with Gasteiger partial charge in [-0.05, 0) is 66.6 Å². The molecule has 5 aromatic rings. The first-order chi connectivity index (χ1) is 22.5. The zero-order valence-corrected chi connectivity index (χ0v) is 24.7. The van der Waals surface area contributed by atoms with Gasteiger partial charge in [-0.3, -0.25) is 4.79 Å². The van der Waals surface area contributed by atoms with Gasteiger partial charge >= 0.3 is 24.3 Å². The first kappa shape index (κ1) is 33.6. The van der Waals surface area contributed by atoms with Gasteiger partial charge in [0.1, 0.15) is 12.4 Å². The van der Waals surface area contributed by atoms with Crippen LogP contribution < -0.4 is 10.1 Å². The number of carbonyl (C=O) groups is 3. The topological polar surface area (TPSA) is 118 Å². The molecule has 1 heterocycles. The van der Waals surface area contributed by atoms with Crippen LogP contribution in [-0.4, -0.2) is 32.6 Å². The van der Waals surface area contributed by atoms with Crippen molar-refractivity contribution >= 4 is 34.4 Å². The third-order valence-electron chi connectivity index (χ3n) is 7.53. The minimum atomic E-state index is -5.14. The van der Waals surface area contributed by atoms with Crippen LogP contribution in [0, 0.1) is 6.92 Å². The van der Waals surface area contributed by atoms with Gasteiger partial charge in [0.15, 0.2) is 0 Å². The lowest BCUT2D eigenvalue weighted by Gasteiger charge is -2.18. The lowest BCUT2D eigenvalue weighted by atomic mass is 10.0. The molecule has 0 aliphatic carbocycles. The maximum Gasteiger partial charge on any atom is 0.416 e. The molecular formula is C34H24F6N2O6. The number of carboxylic acid groups (broad SMARTS) is 2. The van der Waals surface area contributed by atoms with E-state index in [0.717, 1.165) is 29.8 Å². The Bertz CT molecular complexity index is 2020. The second-order valence-corrected chi connectivity index (χ2v) is 10.7. The Hall–Kier alpha value is -5.79. The molecule has 0 bridgehead atoms. The number of alkyl halides is 6. The van der Waals surface area contributed by atoms with Crippen molar-refractivity contribution in [1.29, 1.82) is 0 Å². The molecule has 0 saturated carbocycles. The van der Waals surface area contributed by atoms with E-state index in [1.807, 2.05) is 18.2 Å². The number of nitrogens with zero attached hydrogens (tertiary/aromatic N) is 1. The van der Waals surface area contributed by atoms with Gasteiger partial charge < -0.3 is 24.8 Å². The van der Waals surface area contributed by atoms with Crippen molar-refractivity contribution in [1.82, 2.24) is 4.57 Å². The normalized spacial score (nSPS) is 11.8. The lowest BCUT2D eigenvalue weighted by molar-refractivity contribution is -0.143. The zero-order chi connectivity index (χ0) is 35.0. The standard InChI is InChI=1S/C34H24F6N2O6/c1-18-29(30(43)41-24-12-21(31(44)45)11-22(13-24)32(46)47)26-15-25(48-17-19-5-3-2-4-6-19)9-10-28(26)42(18)16-20-7-8-23(33(35,36)37)14-27(20)34(38,39)40/h2-15H,16-17H2,1H3,(H,41,43)(H,44,45)(H,46,47). The minimum absolute atomic E-state index is 0.0367. The number of rotatable bonds is 9. The number of amides is 1. The second kappa shape index (κ2) is 12.8. The number of fused-ring (bicyclic) bond motifs is 1. The summed E-state index contributed by atoms with van der Waals surface area (Å²) in [4.78, 5) is 37.0. The van der Waals surface area contributed by atoms with Crippen LogP contribution in [0.15, 0.2) is 84.9 Å². The van der Waals surface area contributed by atoms with E-state index in [4.69, 9.17) is 4.74 Å². The Kier molecular flexibility index (Phi) is 8.94. The molecule has 0 saturated heterocycles. The van der Waals surface area contributed by atoms with Crippen molar-refractivity contribution < 1.29 is 55.7 Å². The number of carbonyl (C=O) groups excluding carboxylic acids is 1. The van der Waals surface area contributed by atoms with Gasteiger partial charge in [-0.1, -0.05) is 36.4 Å². The van der Waals surface area contributed by atoms with E-state index in [1.165, 1.54) is 29.7 Å². The zero-order valence-electron chi connectivity index (χ0n) is 24.7. The van der Waals surface area contributed by atoms with Crippen LogP contribution >= 0.6 is 0 Å². The fourth-order valence-corrected chi connectivity index (χ4v) is 5.25. The van der Waals surface area contributed by atoms with Crippen molar-refractivity contribution in [2.45, 2.75) is 32.4 Å². The Labute approximate surface area is 267 Å². The number of hydrogen-bond acceptors (Lipinski definition) is 4. The third-order valence-corrected chi connectivity index (χ3v) is 7.53. The minimum Gasteiger partial charge on any atom is -0.489 e. The monoisotopic (exact) mass is 670 g/mol. The van der Waals surface area contributed by atoms with Crippen LogP contribution in [0.2, 0.25) is 0 Å². The van der Waals surface area contributed by atoms with Crippen molar-refractivity contribution in [2.75, 3.05) is 5.32 Å². The molecule has 1 aromatic heterocycles. The van der Waals surface area contributed by atoms with Gasteiger partial charge in [-0.25, -0.2) is 9.59 Å². The van der Waals surface area contributed by atoms with Crippen molar-refractivity contribution in [2.24, 2.45) is 0 Å². The molecule has 0 unspecified atom stereocenters. The van der Waals surface area contributed by atoms with Gasteiger partial charge in [-0.15, -0.1) is 0 Å². The predicted molar refractivity (Wildman–Crippen MR) is 161 cm³/mol. The van der Waals surface area contributed by atoms with Gasteiger partial charge in [0.05, 0.1) is 27.8 Å². The van der Waals surface area contributed by atoms with E-state index in [0.29, 0.717) is 6.07 Å². The summed E-state index contributed by atoms with van der Waals surface area (Å²) in [5.74, 6) is -3.50. The van der Waals surface area contributed by atoms with Gasteiger partial charge in [0.25, 0.3) is 5.91 Å². The number of anilines is 1. The number of aromatic carboxylic acids is 2. The molecule has 4 aromatic carbocycles. The molecule has 0 atom stereocenters. The molecule has 48 heavy (non-hydrogen) atoms. The molecule has 0 fully saturated rings. The highest BCUT2D eigenvalue weighted by molar-refractivity contribution is 6.15. The maximum absolute atomic E-state index is 14.0. The van der Waals surface area contributed by atoms with Crippen molar-refractivity contribution in [3.8, 4) is 5.75 Å². The van der Waals surface area contributed by atoms with Crippen molar-refractivity contribution in [3.63, 3.8) is 0 Å². The van der Waals surface area contributed by atoms with E-state index < -0.39 is 64.6 Å². The van der Waals surface area contributed by atoms with Gasteiger partial charge in [-0.2, -0.15) is 26.3 Å². The summed E-state index contributed by atoms with van der Waals surface area (Å²) in [6, 6.07) is 17.8. The molecule has 0 aliphatic rings. The quantitative estimate of drug-likeness (QED) is 0.136. The summed E-state index contributed by atoms with van der Waals surface area (Å²) in [5.41, 5.74) is -3.41. The molecule has 8 nitrogen and oxygen atoms in total. The molecule has 5 rings (SSSR count). The Morgan fingerprint density at radius 1 is 0.792 bits per heavy atom. The van der Waals surface area contributed by atoms with Gasteiger partial charge in [0, 0.05) is 28.8 Å². The number of hydrogen-bond donors (Lipinski definition) is 3. The van der Waals surface area contributed by atoms with Gasteiger partial charge in [0.2, 0.25) is 0 Å². The van der Waals surface area contributed by atoms with Crippen LogP contribution in [0.1, 0.15) is 59.0 Å². The number of benzene rings is 4. The predicted octanol–water partition coefficient (Wildman–Crippen LogP) is 8.26. The third kappa shape index (κ3) is 7.12. The average molecular weight is 671 g/mol. The van der Waals surface area contributed by atoms with Crippen LogP contribution in [0.4, 0.5) is 32.0 Å². The van der Waals surface area contributed by atoms with Crippen LogP contribution in [-0.2, 0) is 25.5 Å². The number of aromatic nitrogens is 1. The smallest absolute Gasteiger partial charge is 0.416 e. The summed E-state index contributed by atoms with van der Waals surface area (Å²) in [6.07, 6.45) is -10.2. The summed E-state index contributed by atoms with van der Waals surface area (Å²) in [6.45, 7) is 0.978. The second-order valence-electron chi connectivity index (χ2n) is 10.7. The van der Waals surface area contributed by atoms with E-state index >= 15 is 0 Å². The number of nitrogens with one attached hydrogen (secondary N) is 1. The summed E-state index contributed by atoms with van der Waals surface area (Å²) < 4.78 is 89.2. The van der Waals surface area contributed by atoms with Crippen LogP contribution in [0.25, 0.3) is 10.9 Å². The molecule has 0 aliphatic heterocycles. The number of carboxylic acids is 2. The highest BCUT2D eigenvalue weighted by atomic mass is 19.4. The highest BCUT2D eigenvalue weighted by Gasteiger charge is 2.38. The van der Waals surface area contributed by atoms with E-state index in [-0.39, 0.29) is 46.3 Å². The molecule has 0 spiro atoms. The highest BCUT2D eigenvalue weighted by Crippen LogP contribution is 2.39. The Balaban J connectivity index is 1.62. The van der Waals surface area contributed by atoms with Crippen LogP contribution in [0.3, 0.4) is 0 Å². The van der Waals surface area contributed by atoms with E-state index in [1.54, 1.807) is 12.1 Å². The molecule has 1 amide bonds. The lowest BCUT2D eigenvalue weighted by Crippen LogP contribution is -2.17. The van der Waals surface area contributed by atoms with Crippen molar-refractivity contribution in [3.05, 3.63) is 130 Å². The number of halogens is 6.